The Labute approximate surface area is 206 Å². The number of carbonyl (C=O) groups excluding carboxylic acids is 3. The van der Waals surface area contributed by atoms with E-state index in [0.29, 0.717) is 11.3 Å². The van der Waals surface area contributed by atoms with Crippen molar-refractivity contribution in [1.29, 1.82) is 0 Å². The van der Waals surface area contributed by atoms with Crippen LogP contribution < -0.4 is 10.6 Å². The van der Waals surface area contributed by atoms with Gasteiger partial charge in [-0.1, -0.05) is 48.4 Å². The smallest absolute Gasteiger partial charge is 0.408 e. The number of aliphatic hydroxyl groups excluding tert-OH is 1. The minimum absolute atomic E-state index is 0.516. The number of aryl methyl sites for hydroxylation is 3. The Morgan fingerprint density at radius 3 is 2.29 bits per heavy atom. The van der Waals surface area contributed by atoms with Crippen molar-refractivity contribution in [3.8, 4) is 12.5 Å². The lowest BCUT2D eigenvalue weighted by molar-refractivity contribution is -0.137. The molecule has 0 aliphatic carbocycles. The van der Waals surface area contributed by atoms with Crippen molar-refractivity contribution in [3.05, 3.63) is 64.7 Å². The number of benzene rings is 2. The highest BCUT2D eigenvalue weighted by Crippen LogP contribution is 2.28. The summed E-state index contributed by atoms with van der Waals surface area (Å²) in [4.78, 5) is 40.1. The quantitative estimate of drug-likeness (QED) is 0.415. The van der Waals surface area contributed by atoms with Crippen molar-refractivity contribution >= 4 is 23.6 Å². The zero-order valence-corrected chi connectivity index (χ0v) is 21.0. The lowest BCUT2D eigenvalue weighted by atomic mass is 9.96. The van der Waals surface area contributed by atoms with Gasteiger partial charge in [-0.05, 0) is 64.3 Å². The fraction of sp³-hybridized carbons (Fsp3) is 0.370. The number of nitrogens with zero attached hydrogens (tertiary/aromatic N) is 1. The predicted octanol–water partition coefficient (Wildman–Crippen LogP) is 3.60. The third kappa shape index (κ3) is 7.33. The van der Waals surface area contributed by atoms with Gasteiger partial charge in [0.15, 0.2) is 0 Å². The van der Waals surface area contributed by atoms with Crippen LogP contribution in [-0.4, -0.2) is 46.2 Å². The number of hydrogen-bond donors (Lipinski definition) is 3. The van der Waals surface area contributed by atoms with Gasteiger partial charge in [-0.3, -0.25) is 14.5 Å². The molecule has 0 saturated heterocycles. The molecule has 0 aliphatic rings. The molecule has 0 spiro atoms. The van der Waals surface area contributed by atoms with E-state index in [1.165, 1.54) is 0 Å². The number of rotatable bonds is 7. The molecule has 0 fully saturated rings. The summed E-state index contributed by atoms with van der Waals surface area (Å²) in [7, 11) is 0. The summed E-state index contributed by atoms with van der Waals surface area (Å²) in [5.41, 5.74) is 2.84. The molecule has 2 aromatic carbocycles. The fourth-order valence-electron chi connectivity index (χ4n) is 3.51. The maximum absolute atomic E-state index is 13.6. The number of amides is 3. The number of terminal acetylenes is 1. The van der Waals surface area contributed by atoms with Gasteiger partial charge in [-0.25, -0.2) is 4.79 Å². The number of carbonyl (C=O) groups is 3. The summed E-state index contributed by atoms with van der Waals surface area (Å²) >= 11 is 0. The minimum atomic E-state index is -1.42. The van der Waals surface area contributed by atoms with Gasteiger partial charge in [0.2, 0.25) is 0 Å². The molecule has 0 radical (unpaired) electrons. The molecule has 0 saturated carbocycles. The molecular formula is C27H33N3O5. The monoisotopic (exact) mass is 479 g/mol. The van der Waals surface area contributed by atoms with Crippen LogP contribution >= 0.6 is 0 Å². The number of nitrogens with one attached hydrogen (secondary N) is 2. The second-order valence-electron chi connectivity index (χ2n) is 9.29. The van der Waals surface area contributed by atoms with E-state index in [4.69, 9.17) is 11.2 Å². The van der Waals surface area contributed by atoms with E-state index in [0.717, 1.165) is 21.6 Å². The van der Waals surface area contributed by atoms with Gasteiger partial charge >= 0.3 is 6.09 Å². The molecule has 8 nitrogen and oxygen atoms in total. The molecule has 0 bridgehead atoms. The summed E-state index contributed by atoms with van der Waals surface area (Å²) in [5.74, 6) is -1.36. The van der Waals surface area contributed by atoms with Crippen LogP contribution in [-0.2, 0) is 14.3 Å². The van der Waals surface area contributed by atoms with Crippen LogP contribution in [0.25, 0.3) is 0 Å². The van der Waals surface area contributed by atoms with Gasteiger partial charge in [0.1, 0.15) is 17.7 Å². The van der Waals surface area contributed by atoms with Crippen LogP contribution in [0.3, 0.4) is 0 Å². The molecule has 2 rings (SSSR count). The van der Waals surface area contributed by atoms with Crippen molar-refractivity contribution in [3.63, 3.8) is 0 Å². The van der Waals surface area contributed by atoms with E-state index in [-0.39, 0.29) is 0 Å². The average molecular weight is 480 g/mol. The molecule has 8 heteroatoms. The first-order valence-electron chi connectivity index (χ1n) is 11.2. The Morgan fingerprint density at radius 1 is 1.09 bits per heavy atom. The first-order chi connectivity index (χ1) is 16.4. The summed E-state index contributed by atoms with van der Waals surface area (Å²) in [6.07, 6.45) is 4.83. The maximum atomic E-state index is 13.6. The first kappa shape index (κ1) is 27.4. The van der Waals surface area contributed by atoms with Gasteiger partial charge in [0, 0.05) is 11.7 Å². The SMILES string of the molecule is C#CN(C(=O)C(CO)NC(=O)OC(C)(C)C)C(C(=O)Nc1ccccc1C)c1ccc(C)cc1C. The second-order valence-corrected chi connectivity index (χ2v) is 9.29. The van der Waals surface area contributed by atoms with Crippen molar-refractivity contribution in [2.45, 2.75) is 59.2 Å². The van der Waals surface area contributed by atoms with E-state index < -0.39 is 42.2 Å². The molecule has 0 aliphatic heterocycles. The second kappa shape index (κ2) is 11.5. The van der Waals surface area contributed by atoms with Gasteiger partial charge in [0.05, 0.1) is 6.61 Å². The van der Waals surface area contributed by atoms with Crippen LogP contribution in [0.1, 0.15) is 49.1 Å². The minimum Gasteiger partial charge on any atom is -0.444 e. The molecule has 3 amide bonds. The Hall–Kier alpha value is -3.83. The molecule has 186 valence electrons. The molecule has 0 heterocycles. The Bertz CT molecular complexity index is 1130. The Kier molecular flexibility index (Phi) is 9.04. The highest BCUT2D eigenvalue weighted by molar-refractivity contribution is 6.00. The molecule has 2 aromatic rings. The highest BCUT2D eigenvalue weighted by atomic mass is 16.6. The standard InChI is InChI=1S/C27H33N3O5/c1-8-30(25(33)22(16-31)29-26(34)35-27(5,6)7)23(20-14-13-17(2)15-19(20)4)24(32)28-21-12-10-9-11-18(21)3/h1,9-15,22-23,31H,16H2,2-7H3,(H,28,32)(H,29,34). The third-order valence-corrected chi connectivity index (χ3v) is 5.18. The average Bonchev–Trinajstić information content (AvgIpc) is 2.76. The van der Waals surface area contributed by atoms with Crippen LogP contribution in [0.4, 0.5) is 10.5 Å². The van der Waals surface area contributed by atoms with Crippen LogP contribution in [0.15, 0.2) is 42.5 Å². The largest absolute Gasteiger partial charge is 0.444 e. The van der Waals surface area contributed by atoms with Crippen molar-refractivity contribution in [1.82, 2.24) is 10.2 Å². The molecule has 0 aromatic heterocycles. The number of para-hydroxylation sites is 1. The van der Waals surface area contributed by atoms with E-state index in [1.807, 2.05) is 45.0 Å². The summed E-state index contributed by atoms with van der Waals surface area (Å²) in [6.45, 7) is 9.84. The van der Waals surface area contributed by atoms with Gasteiger partial charge in [-0.2, -0.15) is 0 Å². The normalized spacial score (nSPS) is 12.6. The molecule has 35 heavy (non-hydrogen) atoms. The van der Waals surface area contributed by atoms with Gasteiger partial charge in [-0.15, -0.1) is 0 Å². The zero-order valence-electron chi connectivity index (χ0n) is 21.0. The van der Waals surface area contributed by atoms with Crippen molar-refractivity contribution in [2.24, 2.45) is 0 Å². The highest BCUT2D eigenvalue weighted by Gasteiger charge is 2.36. The van der Waals surface area contributed by atoms with Crippen LogP contribution in [0.5, 0.6) is 0 Å². The summed E-state index contributed by atoms with van der Waals surface area (Å²) in [6, 6.07) is 12.3. The number of hydrogen-bond acceptors (Lipinski definition) is 5. The van der Waals surface area contributed by atoms with E-state index in [2.05, 4.69) is 16.7 Å². The summed E-state index contributed by atoms with van der Waals surface area (Å²) < 4.78 is 5.19. The number of ether oxygens (including phenoxy) is 1. The zero-order chi connectivity index (χ0) is 26.3. The van der Waals surface area contributed by atoms with Crippen molar-refractivity contribution < 1.29 is 24.2 Å². The number of alkyl carbamates (subject to hydrolysis) is 1. The first-order valence-corrected chi connectivity index (χ1v) is 11.2. The molecule has 3 N–H and O–H groups in total. The fourth-order valence-corrected chi connectivity index (χ4v) is 3.51. The maximum Gasteiger partial charge on any atom is 0.408 e. The van der Waals surface area contributed by atoms with Gasteiger partial charge < -0.3 is 20.5 Å². The van der Waals surface area contributed by atoms with Gasteiger partial charge in [0.25, 0.3) is 11.8 Å². The summed E-state index contributed by atoms with van der Waals surface area (Å²) in [5, 5.41) is 15.0. The van der Waals surface area contributed by atoms with Crippen LogP contribution in [0, 0.1) is 33.2 Å². The Balaban J connectivity index is 2.46. The van der Waals surface area contributed by atoms with Crippen LogP contribution in [0.2, 0.25) is 0 Å². The lowest BCUT2D eigenvalue weighted by Gasteiger charge is -2.30. The topological polar surface area (TPSA) is 108 Å². The van der Waals surface area contributed by atoms with E-state index in [9.17, 15) is 19.5 Å². The third-order valence-electron chi connectivity index (χ3n) is 5.18. The molecule has 2 unspecified atom stereocenters. The molecular weight excluding hydrogens is 446 g/mol. The predicted molar refractivity (Wildman–Crippen MR) is 134 cm³/mol. The Morgan fingerprint density at radius 2 is 1.74 bits per heavy atom. The molecule has 2 atom stereocenters. The number of aliphatic hydroxyl groups is 1. The van der Waals surface area contributed by atoms with E-state index in [1.54, 1.807) is 39.0 Å². The lowest BCUT2D eigenvalue weighted by Crippen LogP contribution is -2.52. The number of anilines is 1. The van der Waals surface area contributed by atoms with Crippen molar-refractivity contribution in [2.75, 3.05) is 11.9 Å². The van der Waals surface area contributed by atoms with E-state index >= 15 is 0 Å².